The molecule has 0 saturated carbocycles. The first-order valence-electron chi connectivity index (χ1n) is 6.82. The minimum Gasteiger partial charge on any atom is -0.390 e. The van der Waals surface area contributed by atoms with Gasteiger partial charge in [0.15, 0.2) is 0 Å². The van der Waals surface area contributed by atoms with Crippen LogP contribution in [-0.4, -0.2) is 17.2 Å². The minimum absolute atomic E-state index is 0.418. The van der Waals surface area contributed by atoms with Crippen LogP contribution in [0.2, 0.25) is 10.0 Å². The van der Waals surface area contributed by atoms with Crippen molar-refractivity contribution in [3.8, 4) is 0 Å². The maximum atomic E-state index is 12.1. The van der Waals surface area contributed by atoms with Crippen molar-refractivity contribution >= 4 is 34.9 Å². The van der Waals surface area contributed by atoms with E-state index in [1.807, 2.05) is 24.3 Å². The highest BCUT2D eigenvalue weighted by molar-refractivity contribution is 6.35. The van der Waals surface area contributed by atoms with Gasteiger partial charge in [0.2, 0.25) is 0 Å². The zero-order valence-corrected chi connectivity index (χ0v) is 13.0. The number of amides is 2. The van der Waals surface area contributed by atoms with Gasteiger partial charge in [-0.25, -0.2) is 4.79 Å². The maximum absolute atomic E-state index is 12.1. The Kier molecular flexibility index (Phi) is 4.25. The molecule has 2 aromatic carbocycles. The van der Waals surface area contributed by atoms with E-state index in [1.54, 1.807) is 18.2 Å². The molecule has 3 rings (SSSR count). The largest absolute Gasteiger partial charge is 0.390 e. The van der Waals surface area contributed by atoms with E-state index in [-0.39, 0.29) is 0 Å². The van der Waals surface area contributed by atoms with Crippen LogP contribution in [0, 0.1) is 0 Å². The number of aliphatic hydroxyl groups excluding tert-OH is 1. The molecule has 1 aliphatic rings. The number of fused-ring (bicyclic) bond motifs is 1. The minimum atomic E-state index is -0.633. The predicted octanol–water partition coefficient (Wildman–Crippen LogP) is 3.77. The lowest BCUT2D eigenvalue weighted by molar-refractivity contribution is 0.144. The Hall–Kier alpha value is -1.75. The van der Waals surface area contributed by atoms with E-state index in [9.17, 15) is 9.90 Å². The second-order valence-electron chi connectivity index (χ2n) is 5.20. The fourth-order valence-electron chi connectivity index (χ4n) is 2.68. The number of nitrogens with one attached hydrogen (secondary N) is 2. The topological polar surface area (TPSA) is 61.4 Å². The third kappa shape index (κ3) is 3.19. The lowest BCUT2D eigenvalue weighted by Crippen LogP contribution is -2.36. The van der Waals surface area contributed by atoms with Gasteiger partial charge in [-0.05, 0) is 29.3 Å². The molecule has 2 amide bonds. The van der Waals surface area contributed by atoms with Gasteiger partial charge >= 0.3 is 6.03 Å². The van der Waals surface area contributed by atoms with Crippen molar-refractivity contribution in [1.82, 2.24) is 5.32 Å². The quantitative estimate of drug-likeness (QED) is 0.781. The molecule has 1 aliphatic carbocycles. The molecule has 4 nitrogen and oxygen atoms in total. The monoisotopic (exact) mass is 336 g/mol. The summed E-state index contributed by atoms with van der Waals surface area (Å²) in [6.45, 7) is 0. The van der Waals surface area contributed by atoms with Gasteiger partial charge in [0, 0.05) is 22.2 Å². The summed E-state index contributed by atoms with van der Waals surface area (Å²) >= 11 is 11.8. The zero-order chi connectivity index (χ0) is 15.7. The van der Waals surface area contributed by atoms with Crippen molar-refractivity contribution in [2.75, 3.05) is 5.32 Å². The van der Waals surface area contributed by atoms with Crippen LogP contribution in [0.1, 0.15) is 17.2 Å². The Labute approximate surface area is 138 Å². The molecule has 0 saturated heterocycles. The Bertz CT molecular complexity index is 701. The van der Waals surface area contributed by atoms with Crippen LogP contribution in [0.3, 0.4) is 0 Å². The van der Waals surface area contributed by atoms with Crippen LogP contribution in [0.25, 0.3) is 0 Å². The molecule has 3 N–H and O–H groups in total. The Morgan fingerprint density at radius 1 is 1.14 bits per heavy atom. The molecule has 0 bridgehead atoms. The Morgan fingerprint density at radius 2 is 1.82 bits per heavy atom. The standard InChI is InChI=1S/C16H14Cl2N2O2/c17-10-6-11(18)8-12(7-10)19-16(22)20-15-13-4-2-1-3-9(13)5-14(15)21/h1-4,6-8,14-15,21H,5H2,(H2,19,20,22)/t14-,15+/m0/s1. The summed E-state index contributed by atoms with van der Waals surface area (Å²) in [4.78, 5) is 12.1. The van der Waals surface area contributed by atoms with Gasteiger partial charge in [-0.2, -0.15) is 0 Å². The first-order valence-corrected chi connectivity index (χ1v) is 7.58. The number of hydrogen-bond donors (Lipinski definition) is 3. The van der Waals surface area contributed by atoms with Crippen LogP contribution in [-0.2, 0) is 6.42 Å². The van der Waals surface area contributed by atoms with E-state index >= 15 is 0 Å². The lowest BCUT2D eigenvalue weighted by Gasteiger charge is -2.18. The molecule has 0 heterocycles. The molecular weight excluding hydrogens is 323 g/mol. The van der Waals surface area contributed by atoms with Gasteiger partial charge in [0.05, 0.1) is 12.1 Å². The maximum Gasteiger partial charge on any atom is 0.319 e. The van der Waals surface area contributed by atoms with Crippen LogP contribution in [0.15, 0.2) is 42.5 Å². The molecule has 0 unspecified atom stereocenters. The highest BCUT2D eigenvalue weighted by atomic mass is 35.5. The van der Waals surface area contributed by atoms with Gasteiger partial charge in [-0.15, -0.1) is 0 Å². The molecule has 0 aliphatic heterocycles. The second kappa shape index (κ2) is 6.16. The number of carbonyl (C=O) groups excluding carboxylic acids is 1. The third-order valence-electron chi connectivity index (χ3n) is 3.61. The van der Waals surface area contributed by atoms with Crippen LogP contribution in [0.5, 0.6) is 0 Å². The normalized spacial score (nSPS) is 19.6. The molecule has 2 atom stereocenters. The van der Waals surface area contributed by atoms with Gasteiger partial charge < -0.3 is 15.7 Å². The van der Waals surface area contributed by atoms with Crippen molar-refractivity contribution < 1.29 is 9.90 Å². The SMILES string of the molecule is O=C(Nc1cc(Cl)cc(Cl)c1)N[C@@H]1c2ccccc2C[C@@H]1O. The van der Waals surface area contributed by atoms with Crippen molar-refractivity contribution in [2.24, 2.45) is 0 Å². The van der Waals surface area contributed by atoms with E-state index in [1.165, 1.54) is 0 Å². The van der Waals surface area contributed by atoms with Crippen LogP contribution < -0.4 is 10.6 Å². The summed E-state index contributed by atoms with van der Waals surface area (Å²) in [6.07, 6.45) is -0.101. The van der Waals surface area contributed by atoms with E-state index in [0.717, 1.165) is 11.1 Å². The van der Waals surface area contributed by atoms with Gasteiger partial charge in [0.25, 0.3) is 0 Å². The molecule has 22 heavy (non-hydrogen) atoms. The van der Waals surface area contributed by atoms with Crippen molar-refractivity contribution in [3.63, 3.8) is 0 Å². The van der Waals surface area contributed by atoms with Gasteiger partial charge in [-0.1, -0.05) is 47.5 Å². The summed E-state index contributed by atoms with van der Waals surface area (Å²) in [6, 6.07) is 11.6. The van der Waals surface area contributed by atoms with Gasteiger partial charge in [-0.3, -0.25) is 0 Å². The van der Waals surface area contributed by atoms with Crippen molar-refractivity contribution in [2.45, 2.75) is 18.6 Å². The highest BCUT2D eigenvalue weighted by Gasteiger charge is 2.31. The predicted molar refractivity (Wildman–Crippen MR) is 87.5 cm³/mol. The average Bonchev–Trinajstić information content (AvgIpc) is 2.74. The first-order chi connectivity index (χ1) is 10.5. The molecule has 6 heteroatoms. The number of benzene rings is 2. The fourth-order valence-corrected chi connectivity index (χ4v) is 3.21. The van der Waals surface area contributed by atoms with Gasteiger partial charge in [0.1, 0.15) is 0 Å². The van der Waals surface area contributed by atoms with Crippen molar-refractivity contribution in [1.29, 1.82) is 0 Å². The van der Waals surface area contributed by atoms with E-state index in [2.05, 4.69) is 10.6 Å². The number of rotatable bonds is 2. The summed E-state index contributed by atoms with van der Waals surface area (Å²) < 4.78 is 0. The summed E-state index contributed by atoms with van der Waals surface area (Å²) in [5.41, 5.74) is 2.48. The fraction of sp³-hybridized carbons (Fsp3) is 0.188. The van der Waals surface area contributed by atoms with E-state index in [0.29, 0.717) is 22.2 Å². The third-order valence-corrected chi connectivity index (χ3v) is 4.05. The van der Waals surface area contributed by atoms with E-state index < -0.39 is 18.2 Å². The molecule has 0 fully saturated rings. The lowest BCUT2D eigenvalue weighted by atomic mass is 10.1. The summed E-state index contributed by atoms with van der Waals surface area (Å²) in [5.74, 6) is 0. The first kappa shape index (κ1) is 15.2. The molecule has 0 aromatic heterocycles. The molecular formula is C16H14Cl2N2O2. The smallest absolute Gasteiger partial charge is 0.319 e. The summed E-state index contributed by atoms with van der Waals surface area (Å²) in [7, 11) is 0. The number of anilines is 1. The number of carbonyl (C=O) groups is 1. The molecule has 0 spiro atoms. The van der Waals surface area contributed by atoms with Crippen LogP contribution in [0.4, 0.5) is 10.5 Å². The highest BCUT2D eigenvalue weighted by Crippen LogP contribution is 2.31. The number of urea groups is 1. The Morgan fingerprint density at radius 3 is 2.55 bits per heavy atom. The average molecular weight is 337 g/mol. The molecule has 114 valence electrons. The number of hydrogen-bond acceptors (Lipinski definition) is 2. The molecule has 2 aromatic rings. The summed E-state index contributed by atoms with van der Waals surface area (Å²) in [5, 5.41) is 16.5. The number of aliphatic hydroxyl groups is 1. The Balaban J connectivity index is 1.72. The van der Waals surface area contributed by atoms with E-state index in [4.69, 9.17) is 23.2 Å². The second-order valence-corrected chi connectivity index (χ2v) is 6.08. The number of halogens is 2. The zero-order valence-electron chi connectivity index (χ0n) is 11.5. The van der Waals surface area contributed by atoms with Crippen LogP contribution >= 0.6 is 23.2 Å². The molecule has 0 radical (unpaired) electrons. The van der Waals surface area contributed by atoms with Crippen molar-refractivity contribution in [3.05, 3.63) is 63.6 Å².